The van der Waals surface area contributed by atoms with Crippen LogP contribution < -0.4 is 16.0 Å². The minimum Gasteiger partial charge on any atom is -0.370 e. The van der Waals surface area contributed by atoms with E-state index in [4.69, 9.17) is 5.73 Å². The molecule has 2 fully saturated rings. The summed E-state index contributed by atoms with van der Waals surface area (Å²) in [6.07, 6.45) is 5.38. The highest BCUT2D eigenvalue weighted by Crippen LogP contribution is 2.33. The maximum Gasteiger partial charge on any atom is 0.227 e. The standard InChI is InChI=1S/C19H27N3O2/c1-13-3-2-4-17(9-13)22(8-7-18(20)23)19(24)12-14-10-15-5-6-16(11-14)21-15/h2-4,9,14-16,21H,5-8,10-12H2,1H3,(H2,20,23). The van der Waals surface area contributed by atoms with Gasteiger partial charge in [0.15, 0.2) is 0 Å². The van der Waals surface area contributed by atoms with Gasteiger partial charge in [0.25, 0.3) is 0 Å². The molecule has 2 amide bonds. The minimum absolute atomic E-state index is 0.105. The van der Waals surface area contributed by atoms with E-state index in [0.29, 0.717) is 31.0 Å². The predicted molar refractivity (Wildman–Crippen MR) is 94.6 cm³/mol. The third-order valence-corrected chi connectivity index (χ3v) is 5.23. The topological polar surface area (TPSA) is 75.4 Å². The molecule has 2 saturated heterocycles. The molecule has 130 valence electrons. The smallest absolute Gasteiger partial charge is 0.227 e. The second-order valence-corrected chi connectivity index (χ2v) is 7.28. The number of amides is 2. The molecule has 2 aliphatic rings. The number of benzene rings is 1. The van der Waals surface area contributed by atoms with Gasteiger partial charge in [-0.15, -0.1) is 0 Å². The number of hydrogen-bond donors (Lipinski definition) is 2. The zero-order chi connectivity index (χ0) is 17.1. The number of rotatable bonds is 6. The molecule has 5 heteroatoms. The van der Waals surface area contributed by atoms with Gasteiger partial charge in [-0.25, -0.2) is 0 Å². The third-order valence-electron chi connectivity index (χ3n) is 5.23. The van der Waals surface area contributed by atoms with Crippen LogP contribution in [0, 0.1) is 12.8 Å². The Labute approximate surface area is 143 Å². The predicted octanol–water partition coefficient (Wildman–Crippen LogP) is 2.12. The molecule has 0 spiro atoms. The van der Waals surface area contributed by atoms with E-state index >= 15 is 0 Å². The van der Waals surface area contributed by atoms with Crippen LogP contribution in [0.15, 0.2) is 24.3 Å². The van der Waals surface area contributed by atoms with E-state index < -0.39 is 0 Å². The van der Waals surface area contributed by atoms with Crippen molar-refractivity contribution in [3.63, 3.8) is 0 Å². The molecule has 2 aliphatic heterocycles. The largest absolute Gasteiger partial charge is 0.370 e. The Bertz CT molecular complexity index is 604. The Balaban J connectivity index is 1.69. The van der Waals surface area contributed by atoms with Crippen LogP contribution >= 0.6 is 0 Å². The highest BCUT2D eigenvalue weighted by molar-refractivity contribution is 5.94. The first-order valence-corrected chi connectivity index (χ1v) is 8.92. The average Bonchev–Trinajstić information content (AvgIpc) is 2.86. The first kappa shape index (κ1) is 17.0. The third kappa shape index (κ3) is 4.15. The molecule has 2 bridgehead atoms. The van der Waals surface area contributed by atoms with E-state index in [1.807, 2.05) is 31.2 Å². The number of primary amides is 1. The van der Waals surface area contributed by atoms with Crippen LogP contribution in [0.2, 0.25) is 0 Å². The molecular weight excluding hydrogens is 302 g/mol. The summed E-state index contributed by atoms with van der Waals surface area (Å²) in [5, 5.41) is 3.62. The van der Waals surface area contributed by atoms with E-state index in [0.717, 1.165) is 24.1 Å². The number of piperidine rings is 1. The van der Waals surface area contributed by atoms with Crippen LogP contribution in [0.3, 0.4) is 0 Å². The maximum absolute atomic E-state index is 12.9. The van der Waals surface area contributed by atoms with Crippen LogP contribution in [-0.2, 0) is 9.59 Å². The van der Waals surface area contributed by atoms with Gasteiger partial charge in [0.2, 0.25) is 11.8 Å². The lowest BCUT2D eigenvalue weighted by atomic mass is 9.89. The summed E-state index contributed by atoms with van der Waals surface area (Å²) in [4.78, 5) is 25.8. The number of nitrogens with zero attached hydrogens (tertiary/aromatic N) is 1. The second kappa shape index (κ2) is 7.34. The van der Waals surface area contributed by atoms with E-state index in [-0.39, 0.29) is 18.2 Å². The van der Waals surface area contributed by atoms with Crippen molar-refractivity contribution in [3.8, 4) is 0 Å². The van der Waals surface area contributed by atoms with Crippen LogP contribution in [0.5, 0.6) is 0 Å². The van der Waals surface area contributed by atoms with Gasteiger partial charge in [-0.3, -0.25) is 9.59 Å². The van der Waals surface area contributed by atoms with Crippen molar-refractivity contribution in [2.24, 2.45) is 11.7 Å². The molecule has 3 rings (SSSR count). The number of aryl methyl sites for hydroxylation is 1. The zero-order valence-electron chi connectivity index (χ0n) is 14.3. The first-order valence-electron chi connectivity index (χ1n) is 8.92. The van der Waals surface area contributed by atoms with E-state index in [2.05, 4.69) is 5.32 Å². The summed E-state index contributed by atoms with van der Waals surface area (Å²) in [7, 11) is 0. The zero-order valence-corrected chi connectivity index (χ0v) is 14.3. The lowest BCUT2D eigenvalue weighted by molar-refractivity contribution is -0.120. The Morgan fingerprint density at radius 2 is 1.96 bits per heavy atom. The van der Waals surface area contributed by atoms with Crippen LogP contribution in [0.1, 0.15) is 44.1 Å². The summed E-state index contributed by atoms with van der Waals surface area (Å²) in [5.41, 5.74) is 7.25. The maximum atomic E-state index is 12.9. The number of hydrogen-bond acceptors (Lipinski definition) is 3. The molecule has 24 heavy (non-hydrogen) atoms. The fourth-order valence-electron chi connectivity index (χ4n) is 4.11. The molecule has 0 aliphatic carbocycles. The fourth-order valence-corrected chi connectivity index (χ4v) is 4.11. The fraction of sp³-hybridized carbons (Fsp3) is 0.579. The Kier molecular flexibility index (Phi) is 5.19. The molecule has 2 atom stereocenters. The highest BCUT2D eigenvalue weighted by Gasteiger charge is 2.35. The summed E-state index contributed by atoms with van der Waals surface area (Å²) < 4.78 is 0. The molecule has 0 radical (unpaired) electrons. The van der Waals surface area contributed by atoms with Crippen LogP contribution in [0.4, 0.5) is 5.69 Å². The van der Waals surface area contributed by atoms with Crippen molar-refractivity contribution in [2.75, 3.05) is 11.4 Å². The Hall–Kier alpha value is -1.88. The quantitative estimate of drug-likeness (QED) is 0.839. The van der Waals surface area contributed by atoms with Gasteiger partial charge in [0.1, 0.15) is 0 Å². The van der Waals surface area contributed by atoms with E-state index in [1.54, 1.807) is 4.90 Å². The Morgan fingerprint density at radius 3 is 2.58 bits per heavy atom. The number of fused-ring (bicyclic) bond motifs is 2. The average molecular weight is 329 g/mol. The number of nitrogens with one attached hydrogen (secondary N) is 1. The molecule has 2 unspecified atom stereocenters. The van der Waals surface area contributed by atoms with Gasteiger partial charge >= 0.3 is 0 Å². The summed E-state index contributed by atoms with van der Waals surface area (Å²) >= 11 is 0. The van der Waals surface area contributed by atoms with Crippen molar-refractivity contribution in [3.05, 3.63) is 29.8 Å². The van der Waals surface area contributed by atoms with Crippen molar-refractivity contribution >= 4 is 17.5 Å². The highest BCUT2D eigenvalue weighted by atomic mass is 16.2. The lowest BCUT2D eigenvalue weighted by Gasteiger charge is -2.31. The molecule has 1 aromatic rings. The molecule has 3 N–H and O–H groups in total. The van der Waals surface area contributed by atoms with Crippen LogP contribution in [-0.4, -0.2) is 30.4 Å². The van der Waals surface area contributed by atoms with Gasteiger partial charge in [-0.05, 0) is 56.2 Å². The van der Waals surface area contributed by atoms with Crippen molar-refractivity contribution in [1.82, 2.24) is 5.32 Å². The molecule has 5 nitrogen and oxygen atoms in total. The van der Waals surface area contributed by atoms with Gasteiger partial charge in [-0.1, -0.05) is 12.1 Å². The summed E-state index contributed by atoms with van der Waals surface area (Å²) in [6, 6.07) is 9.03. The van der Waals surface area contributed by atoms with Crippen molar-refractivity contribution in [1.29, 1.82) is 0 Å². The van der Waals surface area contributed by atoms with Crippen molar-refractivity contribution in [2.45, 2.75) is 57.5 Å². The number of anilines is 1. The van der Waals surface area contributed by atoms with E-state index in [9.17, 15) is 9.59 Å². The van der Waals surface area contributed by atoms with Gasteiger partial charge in [-0.2, -0.15) is 0 Å². The van der Waals surface area contributed by atoms with Crippen molar-refractivity contribution < 1.29 is 9.59 Å². The second-order valence-electron chi connectivity index (χ2n) is 7.28. The normalized spacial score (nSPS) is 25.5. The SMILES string of the molecule is Cc1cccc(N(CCC(N)=O)C(=O)CC2CC3CCC(C2)N3)c1. The monoisotopic (exact) mass is 329 g/mol. The molecule has 1 aromatic carbocycles. The van der Waals surface area contributed by atoms with Crippen LogP contribution in [0.25, 0.3) is 0 Å². The van der Waals surface area contributed by atoms with Gasteiger partial charge in [0, 0.05) is 37.2 Å². The van der Waals surface area contributed by atoms with Gasteiger partial charge in [0.05, 0.1) is 0 Å². The summed E-state index contributed by atoms with van der Waals surface area (Å²) in [5.74, 6) is 0.172. The number of carbonyl (C=O) groups is 2. The number of carbonyl (C=O) groups excluding carboxylic acids is 2. The van der Waals surface area contributed by atoms with E-state index in [1.165, 1.54) is 12.8 Å². The molecular formula is C19H27N3O2. The first-order chi connectivity index (χ1) is 11.5. The van der Waals surface area contributed by atoms with Gasteiger partial charge < -0.3 is 16.0 Å². The summed E-state index contributed by atoms with van der Waals surface area (Å²) in [6.45, 7) is 2.36. The Morgan fingerprint density at radius 1 is 1.25 bits per heavy atom. The molecule has 2 heterocycles. The molecule has 0 aromatic heterocycles. The lowest BCUT2D eigenvalue weighted by Crippen LogP contribution is -2.41. The minimum atomic E-state index is -0.375. The molecule has 0 saturated carbocycles. The number of nitrogens with two attached hydrogens (primary N) is 1.